The molecule has 0 saturated heterocycles. The molecule has 188 valence electrons. The first kappa shape index (κ1) is 27.6. The van der Waals surface area contributed by atoms with Crippen molar-refractivity contribution in [1.29, 1.82) is 0 Å². The molecule has 2 rings (SSSR count). The van der Waals surface area contributed by atoms with Gasteiger partial charge in [-0.05, 0) is 49.1 Å². The highest BCUT2D eigenvalue weighted by Gasteiger charge is 2.23. The molecule has 34 heavy (non-hydrogen) atoms. The van der Waals surface area contributed by atoms with Crippen LogP contribution in [0.4, 0.5) is 0 Å². The Bertz CT molecular complexity index is 863. The molecule has 0 saturated carbocycles. The summed E-state index contributed by atoms with van der Waals surface area (Å²) in [7, 11) is 5.22. The molecule has 0 aliphatic rings. The van der Waals surface area contributed by atoms with E-state index in [1.807, 2.05) is 54.2 Å². The summed E-state index contributed by atoms with van der Waals surface area (Å²) >= 11 is 0. The Morgan fingerprint density at radius 2 is 1.65 bits per heavy atom. The minimum Gasteiger partial charge on any atom is -0.385 e. The summed E-state index contributed by atoms with van der Waals surface area (Å²) in [5, 5.41) is 0. The second-order valence-corrected chi connectivity index (χ2v) is 8.65. The van der Waals surface area contributed by atoms with Gasteiger partial charge in [0.15, 0.2) is 0 Å². The van der Waals surface area contributed by atoms with Crippen LogP contribution in [-0.2, 0) is 34.3 Å². The molecule has 0 atom stereocenters. The highest BCUT2D eigenvalue weighted by Crippen LogP contribution is 2.13. The number of carbonyl (C=O) groups is 2. The van der Waals surface area contributed by atoms with Gasteiger partial charge in [-0.25, -0.2) is 0 Å². The molecule has 0 N–H and O–H groups in total. The standard InChI is InChI=1S/C27H41N3O4/c1-5-6-7-10-23-12-14-24(15-13-23)27(32)30(17-9-19-33-3)22-26(31)29(18-20-34-4)21-25-11-8-16-28(25)2/h8,11-16H,5-7,9-10,17-22H2,1-4H3. The van der Waals surface area contributed by atoms with Crippen LogP contribution in [0.15, 0.2) is 42.6 Å². The van der Waals surface area contributed by atoms with Crippen LogP contribution < -0.4 is 0 Å². The number of ether oxygens (including phenoxy) is 2. The maximum absolute atomic E-state index is 13.3. The molecule has 0 unspecified atom stereocenters. The lowest BCUT2D eigenvalue weighted by molar-refractivity contribution is -0.133. The number of methoxy groups -OCH3 is 2. The quantitative estimate of drug-likeness (QED) is 0.348. The number of amides is 2. The predicted octanol–water partition coefficient (Wildman–Crippen LogP) is 3.91. The summed E-state index contributed by atoms with van der Waals surface area (Å²) in [4.78, 5) is 30.0. The van der Waals surface area contributed by atoms with Crippen LogP contribution in [0.2, 0.25) is 0 Å². The van der Waals surface area contributed by atoms with Gasteiger partial charge in [0.25, 0.3) is 5.91 Å². The first-order valence-corrected chi connectivity index (χ1v) is 12.2. The fourth-order valence-corrected chi connectivity index (χ4v) is 3.84. The Balaban J connectivity index is 2.11. The monoisotopic (exact) mass is 471 g/mol. The summed E-state index contributed by atoms with van der Waals surface area (Å²) < 4.78 is 12.4. The topological polar surface area (TPSA) is 64.0 Å². The third kappa shape index (κ3) is 8.95. The lowest BCUT2D eigenvalue weighted by atomic mass is 10.0. The van der Waals surface area contributed by atoms with Crippen LogP contribution in [0.5, 0.6) is 0 Å². The molecule has 1 aromatic heterocycles. The molecule has 0 spiro atoms. The zero-order valence-electron chi connectivity index (χ0n) is 21.3. The van der Waals surface area contributed by atoms with E-state index in [1.54, 1.807) is 24.0 Å². The van der Waals surface area contributed by atoms with Gasteiger partial charge < -0.3 is 23.8 Å². The third-order valence-corrected chi connectivity index (χ3v) is 5.98. The fraction of sp³-hybridized carbons (Fsp3) is 0.556. The number of aryl methyl sites for hydroxylation is 2. The van der Waals surface area contributed by atoms with Crippen LogP contribution in [-0.4, -0.2) is 73.2 Å². The molecular formula is C27H41N3O4. The number of rotatable bonds is 16. The summed E-state index contributed by atoms with van der Waals surface area (Å²) in [6.07, 6.45) is 7.19. The number of unbranched alkanes of at least 4 members (excludes halogenated alkanes) is 2. The lowest BCUT2D eigenvalue weighted by Crippen LogP contribution is -2.44. The average molecular weight is 472 g/mol. The van der Waals surface area contributed by atoms with Crippen molar-refractivity contribution in [2.24, 2.45) is 7.05 Å². The molecule has 1 aromatic carbocycles. The lowest BCUT2D eigenvalue weighted by Gasteiger charge is -2.28. The van der Waals surface area contributed by atoms with Gasteiger partial charge in [-0.15, -0.1) is 0 Å². The molecule has 0 fully saturated rings. The molecule has 0 aliphatic carbocycles. The van der Waals surface area contributed by atoms with E-state index in [0.717, 1.165) is 18.5 Å². The highest BCUT2D eigenvalue weighted by molar-refractivity contribution is 5.96. The second-order valence-electron chi connectivity index (χ2n) is 8.65. The van der Waals surface area contributed by atoms with Crippen molar-refractivity contribution in [2.75, 3.05) is 47.1 Å². The van der Waals surface area contributed by atoms with E-state index in [9.17, 15) is 9.59 Å². The Morgan fingerprint density at radius 3 is 2.26 bits per heavy atom. The molecule has 0 radical (unpaired) electrons. The van der Waals surface area contributed by atoms with E-state index in [1.165, 1.54) is 18.4 Å². The number of aromatic nitrogens is 1. The van der Waals surface area contributed by atoms with Crippen LogP contribution in [0.3, 0.4) is 0 Å². The largest absolute Gasteiger partial charge is 0.385 e. The summed E-state index contributed by atoms with van der Waals surface area (Å²) in [5.74, 6) is -0.227. The summed E-state index contributed by atoms with van der Waals surface area (Å²) in [6.45, 7) is 4.58. The Kier molecular flexibility index (Phi) is 12.4. The van der Waals surface area contributed by atoms with Gasteiger partial charge >= 0.3 is 0 Å². The minimum absolute atomic E-state index is 0.0228. The average Bonchev–Trinajstić information content (AvgIpc) is 3.25. The summed E-state index contributed by atoms with van der Waals surface area (Å²) in [5.41, 5.74) is 2.87. The van der Waals surface area contributed by atoms with Gasteiger partial charge in [-0.1, -0.05) is 31.9 Å². The van der Waals surface area contributed by atoms with E-state index >= 15 is 0 Å². The van der Waals surface area contributed by atoms with Crippen molar-refractivity contribution in [3.05, 3.63) is 59.4 Å². The van der Waals surface area contributed by atoms with Crippen molar-refractivity contribution in [3.8, 4) is 0 Å². The zero-order chi connectivity index (χ0) is 24.8. The molecular weight excluding hydrogens is 430 g/mol. The van der Waals surface area contributed by atoms with Crippen LogP contribution in [0.1, 0.15) is 54.2 Å². The molecule has 0 aliphatic heterocycles. The van der Waals surface area contributed by atoms with E-state index < -0.39 is 0 Å². The zero-order valence-corrected chi connectivity index (χ0v) is 21.3. The van der Waals surface area contributed by atoms with Crippen LogP contribution in [0.25, 0.3) is 0 Å². The van der Waals surface area contributed by atoms with Crippen molar-refractivity contribution in [1.82, 2.24) is 14.4 Å². The Labute approximate surface area is 204 Å². The first-order chi connectivity index (χ1) is 16.5. The molecule has 7 nitrogen and oxygen atoms in total. The van der Waals surface area contributed by atoms with Gasteiger partial charge in [-0.3, -0.25) is 9.59 Å². The number of hydrogen-bond acceptors (Lipinski definition) is 4. The van der Waals surface area contributed by atoms with Gasteiger partial charge in [-0.2, -0.15) is 0 Å². The van der Waals surface area contributed by atoms with Crippen molar-refractivity contribution >= 4 is 11.8 Å². The summed E-state index contributed by atoms with van der Waals surface area (Å²) in [6, 6.07) is 11.8. The van der Waals surface area contributed by atoms with Crippen LogP contribution >= 0.6 is 0 Å². The molecule has 2 aromatic rings. The van der Waals surface area contributed by atoms with E-state index in [4.69, 9.17) is 9.47 Å². The predicted molar refractivity (Wildman–Crippen MR) is 135 cm³/mol. The van der Waals surface area contributed by atoms with Gasteiger partial charge in [0, 0.05) is 58.4 Å². The first-order valence-electron chi connectivity index (χ1n) is 12.2. The number of carbonyl (C=O) groups excluding carboxylic acids is 2. The maximum Gasteiger partial charge on any atom is 0.254 e. The number of benzene rings is 1. The van der Waals surface area contributed by atoms with Crippen LogP contribution in [0, 0.1) is 0 Å². The van der Waals surface area contributed by atoms with Crippen molar-refractivity contribution < 1.29 is 19.1 Å². The smallest absolute Gasteiger partial charge is 0.254 e. The normalized spacial score (nSPS) is 10.9. The van der Waals surface area contributed by atoms with E-state index in [-0.39, 0.29) is 18.4 Å². The Hall–Kier alpha value is -2.64. The van der Waals surface area contributed by atoms with Gasteiger partial charge in [0.2, 0.25) is 5.91 Å². The fourth-order valence-electron chi connectivity index (χ4n) is 3.84. The molecule has 1 heterocycles. The third-order valence-electron chi connectivity index (χ3n) is 5.98. The minimum atomic E-state index is -0.130. The van der Waals surface area contributed by atoms with E-state index in [0.29, 0.717) is 44.8 Å². The van der Waals surface area contributed by atoms with E-state index in [2.05, 4.69) is 6.92 Å². The number of nitrogens with zero attached hydrogens (tertiary/aromatic N) is 3. The van der Waals surface area contributed by atoms with Crippen molar-refractivity contribution in [2.45, 2.75) is 45.6 Å². The molecule has 2 amide bonds. The maximum atomic E-state index is 13.3. The molecule has 0 bridgehead atoms. The number of hydrogen-bond donors (Lipinski definition) is 0. The second kappa shape index (κ2) is 15.3. The SMILES string of the molecule is CCCCCc1ccc(C(=O)N(CCCOC)CC(=O)N(CCOC)Cc2cccn2C)cc1. The van der Waals surface area contributed by atoms with Gasteiger partial charge in [0.1, 0.15) is 6.54 Å². The van der Waals surface area contributed by atoms with Gasteiger partial charge in [0.05, 0.1) is 13.2 Å². The molecule has 7 heteroatoms. The Morgan fingerprint density at radius 1 is 0.912 bits per heavy atom. The van der Waals surface area contributed by atoms with Crippen molar-refractivity contribution in [3.63, 3.8) is 0 Å². The highest BCUT2D eigenvalue weighted by atomic mass is 16.5.